The minimum absolute atomic E-state index is 0.200. The Morgan fingerprint density at radius 3 is 2.70 bits per heavy atom. The largest absolute Gasteiger partial charge is 0.303 e. The summed E-state index contributed by atoms with van der Waals surface area (Å²) in [5, 5.41) is 0.808. The van der Waals surface area contributed by atoms with Crippen molar-refractivity contribution in [2.45, 2.75) is 0 Å². The fourth-order valence-corrected chi connectivity index (χ4v) is 3.87. The van der Waals surface area contributed by atoms with E-state index >= 15 is 0 Å². The van der Waals surface area contributed by atoms with E-state index in [-0.39, 0.29) is 5.78 Å². The van der Waals surface area contributed by atoms with Crippen LogP contribution in [0.2, 0.25) is 10.0 Å². The van der Waals surface area contributed by atoms with Crippen molar-refractivity contribution < 1.29 is 4.79 Å². The van der Waals surface area contributed by atoms with Gasteiger partial charge in [0, 0.05) is 27.9 Å². The molecule has 0 aliphatic heterocycles. The summed E-state index contributed by atoms with van der Waals surface area (Å²) < 4.78 is 2.66. The molecule has 0 saturated carbocycles. The van der Waals surface area contributed by atoms with Gasteiger partial charge in [0.05, 0.1) is 20.8 Å². The molecule has 0 atom stereocenters. The molecule has 2 aromatic heterocycles. The minimum Gasteiger partial charge on any atom is -0.303 e. The fourth-order valence-electron chi connectivity index (χ4n) is 2.01. The number of hydrogen-bond acceptors (Lipinski definition) is 3. The number of imidazole rings is 1. The number of thiophene rings is 1. The number of allylic oxidation sites excluding steroid dienone is 1. The number of Topliss-reactive ketones (excluding diaryl/α,β-unsaturated/α-hetero) is 1. The van der Waals surface area contributed by atoms with Gasteiger partial charge in [0.25, 0.3) is 0 Å². The van der Waals surface area contributed by atoms with Crippen LogP contribution < -0.4 is 0 Å². The molecule has 0 unspecified atom stereocenters. The van der Waals surface area contributed by atoms with Gasteiger partial charge in [0.2, 0.25) is 5.78 Å². The predicted octanol–water partition coefficient (Wildman–Crippen LogP) is 5.89. The second-order valence-electron chi connectivity index (χ2n) is 4.59. The Balaban J connectivity index is 2.08. The van der Waals surface area contributed by atoms with E-state index in [4.69, 9.17) is 23.2 Å². The Labute approximate surface area is 155 Å². The van der Waals surface area contributed by atoms with Crippen molar-refractivity contribution in [3.63, 3.8) is 0 Å². The molecule has 0 saturated heterocycles. The lowest BCUT2D eigenvalue weighted by molar-refractivity contribution is 0.105. The van der Waals surface area contributed by atoms with Crippen molar-refractivity contribution in [3.05, 3.63) is 73.3 Å². The van der Waals surface area contributed by atoms with Crippen molar-refractivity contribution in [1.29, 1.82) is 0 Å². The Hall–Kier alpha value is -1.40. The van der Waals surface area contributed by atoms with Crippen molar-refractivity contribution >= 4 is 68.0 Å². The summed E-state index contributed by atoms with van der Waals surface area (Å²) in [5.41, 5.74) is 0.854. The quantitative estimate of drug-likeness (QED) is 0.384. The van der Waals surface area contributed by atoms with Crippen LogP contribution in [0, 0.1) is 0 Å². The number of aromatic nitrogens is 2. The highest BCUT2D eigenvalue weighted by molar-refractivity contribution is 9.11. The van der Waals surface area contributed by atoms with E-state index in [2.05, 4.69) is 20.9 Å². The Kier molecular flexibility index (Phi) is 5.02. The normalized spacial score (nSPS) is 11.7. The molecule has 1 aromatic carbocycles. The topological polar surface area (TPSA) is 34.9 Å². The van der Waals surface area contributed by atoms with Crippen LogP contribution >= 0.6 is 50.5 Å². The van der Waals surface area contributed by atoms with Crippen molar-refractivity contribution in [3.8, 4) is 0 Å². The third-order valence-corrected chi connectivity index (χ3v) is 5.18. The van der Waals surface area contributed by atoms with E-state index in [1.165, 1.54) is 11.3 Å². The average molecular weight is 428 g/mol. The second kappa shape index (κ2) is 7.01. The van der Waals surface area contributed by atoms with Crippen LogP contribution in [0.25, 0.3) is 11.8 Å². The zero-order valence-electron chi connectivity index (χ0n) is 11.5. The van der Waals surface area contributed by atoms with Crippen LogP contribution in [0.1, 0.15) is 15.2 Å². The molecule has 0 amide bonds. The lowest BCUT2D eigenvalue weighted by atomic mass is 10.1. The van der Waals surface area contributed by atoms with Gasteiger partial charge in [-0.25, -0.2) is 4.98 Å². The molecule has 3 nitrogen and oxygen atoms in total. The standard InChI is InChI=1S/C16H9BrCl2N2OS/c17-15-4-2-11(23-15)8-14(21-6-5-20-9-21)16(22)12-3-1-10(18)7-13(12)19/h1-9H. The molecule has 0 bridgehead atoms. The summed E-state index contributed by atoms with van der Waals surface area (Å²) in [6.07, 6.45) is 6.73. The number of benzene rings is 1. The van der Waals surface area contributed by atoms with Crippen LogP contribution in [0.4, 0.5) is 0 Å². The van der Waals surface area contributed by atoms with Gasteiger partial charge < -0.3 is 4.57 Å². The van der Waals surface area contributed by atoms with E-state index in [0.29, 0.717) is 21.3 Å². The monoisotopic (exact) mass is 426 g/mol. The lowest BCUT2D eigenvalue weighted by Gasteiger charge is -2.09. The number of ketones is 1. The summed E-state index contributed by atoms with van der Waals surface area (Å²) in [4.78, 5) is 17.9. The first-order valence-electron chi connectivity index (χ1n) is 6.50. The van der Waals surface area contributed by atoms with Gasteiger partial charge in [0.15, 0.2) is 0 Å². The molecule has 0 spiro atoms. The number of carbonyl (C=O) groups is 1. The van der Waals surface area contributed by atoms with Crippen LogP contribution in [-0.4, -0.2) is 15.3 Å². The summed E-state index contributed by atoms with van der Waals surface area (Å²) in [6, 6.07) is 8.70. The molecule has 23 heavy (non-hydrogen) atoms. The van der Waals surface area contributed by atoms with Gasteiger partial charge in [-0.2, -0.15) is 0 Å². The number of carbonyl (C=O) groups excluding carboxylic acids is 1. The third-order valence-electron chi connectivity index (χ3n) is 3.06. The Bertz CT molecular complexity index is 887. The second-order valence-corrected chi connectivity index (χ2v) is 7.93. The fraction of sp³-hybridized carbons (Fsp3) is 0. The van der Waals surface area contributed by atoms with Crippen molar-refractivity contribution in [1.82, 2.24) is 9.55 Å². The highest BCUT2D eigenvalue weighted by atomic mass is 79.9. The van der Waals surface area contributed by atoms with E-state index in [0.717, 1.165) is 8.66 Å². The maximum atomic E-state index is 12.9. The Morgan fingerprint density at radius 2 is 2.09 bits per heavy atom. The van der Waals surface area contributed by atoms with Crippen LogP contribution in [0.15, 0.2) is 52.8 Å². The molecule has 0 N–H and O–H groups in total. The number of hydrogen-bond donors (Lipinski definition) is 0. The van der Waals surface area contributed by atoms with Gasteiger partial charge in [0.1, 0.15) is 0 Å². The van der Waals surface area contributed by atoms with E-state index < -0.39 is 0 Å². The van der Waals surface area contributed by atoms with Crippen LogP contribution in [-0.2, 0) is 0 Å². The smallest absolute Gasteiger partial charge is 0.211 e. The number of rotatable bonds is 4. The average Bonchev–Trinajstić information content (AvgIpc) is 3.15. The minimum atomic E-state index is -0.200. The molecule has 0 aliphatic carbocycles. The van der Waals surface area contributed by atoms with Gasteiger partial charge in [-0.05, 0) is 52.3 Å². The van der Waals surface area contributed by atoms with Gasteiger partial charge in [-0.3, -0.25) is 4.79 Å². The molecule has 116 valence electrons. The molecule has 7 heteroatoms. The molecule has 0 aliphatic rings. The lowest BCUT2D eigenvalue weighted by Crippen LogP contribution is -2.08. The van der Waals surface area contributed by atoms with Gasteiger partial charge >= 0.3 is 0 Å². The highest BCUT2D eigenvalue weighted by Crippen LogP contribution is 2.28. The van der Waals surface area contributed by atoms with E-state index in [1.54, 1.807) is 41.5 Å². The first-order valence-corrected chi connectivity index (χ1v) is 8.86. The van der Waals surface area contributed by atoms with Crippen LogP contribution in [0.5, 0.6) is 0 Å². The summed E-state index contributed by atoms with van der Waals surface area (Å²) in [6.45, 7) is 0. The first-order chi connectivity index (χ1) is 11.0. The summed E-state index contributed by atoms with van der Waals surface area (Å²) in [5.74, 6) is -0.200. The van der Waals surface area contributed by atoms with Gasteiger partial charge in [-0.15, -0.1) is 11.3 Å². The maximum absolute atomic E-state index is 12.9. The molecule has 2 heterocycles. The first kappa shape index (κ1) is 16.5. The van der Waals surface area contributed by atoms with Crippen LogP contribution in [0.3, 0.4) is 0 Å². The number of nitrogens with zero attached hydrogens (tertiary/aromatic N) is 2. The van der Waals surface area contributed by atoms with E-state index in [9.17, 15) is 4.79 Å². The summed E-state index contributed by atoms with van der Waals surface area (Å²) in [7, 11) is 0. The molecular formula is C16H9BrCl2N2OS. The molecule has 3 aromatic rings. The zero-order chi connectivity index (χ0) is 16.4. The molecule has 0 fully saturated rings. The zero-order valence-corrected chi connectivity index (χ0v) is 15.5. The SMILES string of the molecule is O=C(C(=Cc1ccc(Br)s1)n1ccnc1)c1ccc(Cl)cc1Cl. The molecule has 0 radical (unpaired) electrons. The third kappa shape index (κ3) is 3.75. The molecule has 3 rings (SSSR count). The van der Waals surface area contributed by atoms with Crippen molar-refractivity contribution in [2.75, 3.05) is 0 Å². The van der Waals surface area contributed by atoms with Crippen molar-refractivity contribution in [2.24, 2.45) is 0 Å². The Morgan fingerprint density at radius 1 is 1.26 bits per heavy atom. The van der Waals surface area contributed by atoms with E-state index in [1.807, 2.05) is 18.2 Å². The number of halogens is 3. The molecular weight excluding hydrogens is 419 g/mol. The van der Waals surface area contributed by atoms with Gasteiger partial charge in [-0.1, -0.05) is 23.2 Å². The summed E-state index contributed by atoms with van der Waals surface area (Å²) >= 11 is 17.0. The highest BCUT2D eigenvalue weighted by Gasteiger charge is 2.18. The maximum Gasteiger partial charge on any atom is 0.211 e. The predicted molar refractivity (Wildman–Crippen MR) is 99.2 cm³/mol.